The lowest BCUT2D eigenvalue weighted by Gasteiger charge is -2.27. The van der Waals surface area contributed by atoms with Crippen molar-refractivity contribution in [3.63, 3.8) is 0 Å². The van der Waals surface area contributed by atoms with Crippen LogP contribution >= 0.6 is 0 Å². The number of nitrogens with one attached hydrogen (secondary N) is 1. The maximum absolute atomic E-state index is 12.2. The molecule has 0 radical (unpaired) electrons. The van der Waals surface area contributed by atoms with Gasteiger partial charge in [0.15, 0.2) is 0 Å². The van der Waals surface area contributed by atoms with Gasteiger partial charge in [-0.05, 0) is 18.9 Å². The van der Waals surface area contributed by atoms with Gasteiger partial charge in [0, 0.05) is 6.04 Å². The quantitative estimate of drug-likeness (QED) is 0.797. The lowest BCUT2D eigenvalue weighted by molar-refractivity contribution is -0.134. The first-order valence-corrected chi connectivity index (χ1v) is 6.23. The van der Waals surface area contributed by atoms with Crippen molar-refractivity contribution in [2.75, 3.05) is 6.54 Å². The van der Waals surface area contributed by atoms with E-state index >= 15 is 0 Å². The van der Waals surface area contributed by atoms with Crippen LogP contribution in [0.4, 0.5) is 4.79 Å². The molecule has 0 bridgehead atoms. The third-order valence-corrected chi connectivity index (χ3v) is 3.23. The zero-order valence-electron chi connectivity index (χ0n) is 10.2. The van der Waals surface area contributed by atoms with E-state index in [-0.39, 0.29) is 24.4 Å². The number of allylic oxidation sites excluding steroid dienone is 3. The predicted octanol–water partition coefficient (Wildman–Crippen LogP) is 0.410. The normalized spacial score (nSPS) is 25.2. The third-order valence-electron chi connectivity index (χ3n) is 3.23. The van der Waals surface area contributed by atoms with Gasteiger partial charge in [-0.25, -0.2) is 4.79 Å². The molecule has 0 spiro atoms. The van der Waals surface area contributed by atoms with E-state index in [0.717, 1.165) is 17.7 Å². The fraction of sp³-hybridized carbons (Fsp3) is 0.385. The second-order valence-electron chi connectivity index (χ2n) is 4.81. The van der Waals surface area contributed by atoms with Crippen LogP contribution in [0, 0.1) is 5.92 Å². The average molecular weight is 259 g/mol. The Balaban J connectivity index is 1.74. The van der Waals surface area contributed by atoms with Crippen LogP contribution in [0.25, 0.3) is 0 Å². The topological polar surface area (TPSA) is 78.8 Å². The van der Waals surface area contributed by atoms with E-state index in [1.54, 1.807) is 24.3 Å². The molecule has 98 valence electrons. The minimum atomic E-state index is -0.665. The summed E-state index contributed by atoms with van der Waals surface area (Å²) in [4.78, 5) is 40.4. The van der Waals surface area contributed by atoms with E-state index in [9.17, 15) is 14.4 Å². The molecule has 3 rings (SSSR count). The first-order valence-electron chi connectivity index (χ1n) is 6.23. The molecule has 1 unspecified atom stereocenters. The number of rotatable bonds is 3. The van der Waals surface area contributed by atoms with Crippen molar-refractivity contribution in [2.45, 2.75) is 18.9 Å². The number of urea groups is 1. The van der Waals surface area contributed by atoms with Gasteiger partial charge in [0.1, 0.15) is 6.54 Å². The molecular formula is C13H13N3O3. The van der Waals surface area contributed by atoms with Gasteiger partial charge in [-0.3, -0.25) is 14.5 Å². The van der Waals surface area contributed by atoms with Gasteiger partial charge in [0.2, 0.25) is 11.8 Å². The zero-order valence-corrected chi connectivity index (χ0v) is 10.2. The average Bonchev–Trinajstić information content (AvgIpc) is 3.18. The van der Waals surface area contributed by atoms with Crippen LogP contribution in [0.1, 0.15) is 12.8 Å². The third kappa shape index (κ3) is 2.33. The Labute approximate surface area is 109 Å². The number of carbonyl (C=O) groups excluding carboxylic acids is 3. The van der Waals surface area contributed by atoms with Gasteiger partial charge in [-0.2, -0.15) is 4.99 Å². The Morgan fingerprint density at radius 1 is 1.37 bits per heavy atom. The second kappa shape index (κ2) is 4.46. The number of hydrogen-bond donors (Lipinski definition) is 1. The Hall–Kier alpha value is -2.24. The van der Waals surface area contributed by atoms with E-state index in [0.29, 0.717) is 5.71 Å². The van der Waals surface area contributed by atoms with Gasteiger partial charge in [-0.1, -0.05) is 18.2 Å². The number of nitrogens with zero attached hydrogens (tertiary/aromatic N) is 2. The molecule has 1 N–H and O–H groups in total. The molecule has 19 heavy (non-hydrogen) atoms. The molecule has 2 aliphatic carbocycles. The SMILES string of the molecule is O=C(CN1C(=O)N=C2C=CC=CC2C1=O)NC1CC1. The number of carbonyl (C=O) groups is 3. The van der Waals surface area contributed by atoms with Gasteiger partial charge in [0.25, 0.3) is 0 Å². The molecular weight excluding hydrogens is 246 g/mol. The van der Waals surface area contributed by atoms with Crippen molar-refractivity contribution in [1.82, 2.24) is 10.2 Å². The van der Waals surface area contributed by atoms with Crippen LogP contribution in [0.5, 0.6) is 0 Å². The standard InChI is InChI=1S/C13H13N3O3/c17-11(14-8-5-6-8)7-16-12(18)9-3-1-2-4-10(9)15-13(16)19/h1-4,8-9H,5-7H2,(H,14,17). The largest absolute Gasteiger partial charge is 0.352 e. The highest BCUT2D eigenvalue weighted by Crippen LogP contribution is 2.20. The van der Waals surface area contributed by atoms with Crippen molar-refractivity contribution >= 4 is 23.6 Å². The summed E-state index contributed by atoms with van der Waals surface area (Å²) in [7, 11) is 0. The second-order valence-corrected chi connectivity index (χ2v) is 4.81. The molecule has 1 aliphatic heterocycles. The van der Waals surface area contributed by atoms with Crippen molar-refractivity contribution in [2.24, 2.45) is 10.9 Å². The van der Waals surface area contributed by atoms with Crippen molar-refractivity contribution in [3.05, 3.63) is 24.3 Å². The highest BCUT2D eigenvalue weighted by atomic mass is 16.2. The van der Waals surface area contributed by atoms with Gasteiger partial charge in [0.05, 0.1) is 11.6 Å². The predicted molar refractivity (Wildman–Crippen MR) is 67.5 cm³/mol. The fourth-order valence-corrected chi connectivity index (χ4v) is 2.07. The molecule has 3 aliphatic rings. The zero-order chi connectivity index (χ0) is 13.4. The molecule has 4 amide bonds. The minimum Gasteiger partial charge on any atom is -0.352 e. The molecule has 0 aromatic rings. The summed E-state index contributed by atoms with van der Waals surface area (Å²) in [5, 5.41) is 2.75. The molecule has 6 nitrogen and oxygen atoms in total. The van der Waals surface area contributed by atoms with Crippen LogP contribution in [0.2, 0.25) is 0 Å². The van der Waals surface area contributed by atoms with Crippen LogP contribution in [0.15, 0.2) is 29.3 Å². The molecule has 0 aromatic heterocycles. The molecule has 6 heteroatoms. The van der Waals surface area contributed by atoms with E-state index in [1.807, 2.05) is 0 Å². The van der Waals surface area contributed by atoms with Crippen LogP contribution in [-0.4, -0.2) is 41.0 Å². The fourth-order valence-electron chi connectivity index (χ4n) is 2.07. The Morgan fingerprint density at radius 2 is 2.16 bits per heavy atom. The van der Waals surface area contributed by atoms with Crippen molar-refractivity contribution < 1.29 is 14.4 Å². The lowest BCUT2D eigenvalue weighted by atomic mass is 9.95. The van der Waals surface area contributed by atoms with E-state index in [4.69, 9.17) is 0 Å². The van der Waals surface area contributed by atoms with Crippen molar-refractivity contribution in [1.29, 1.82) is 0 Å². The number of hydrogen-bond acceptors (Lipinski definition) is 3. The monoisotopic (exact) mass is 259 g/mol. The molecule has 1 saturated carbocycles. The Morgan fingerprint density at radius 3 is 2.89 bits per heavy atom. The maximum Gasteiger partial charge on any atom is 0.351 e. The number of amides is 4. The summed E-state index contributed by atoms with van der Waals surface area (Å²) in [6, 6.07) is -0.457. The molecule has 0 aromatic carbocycles. The lowest BCUT2D eigenvalue weighted by Crippen LogP contribution is -2.50. The van der Waals surface area contributed by atoms with Crippen LogP contribution < -0.4 is 5.32 Å². The molecule has 1 atom stereocenters. The van der Waals surface area contributed by atoms with Crippen LogP contribution in [-0.2, 0) is 9.59 Å². The van der Waals surface area contributed by atoms with Crippen LogP contribution in [0.3, 0.4) is 0 Å². The Bertz CT molecular complexity index is 543. The van der Waals surface area contributed by atoms with E-state index in [1.165, 1.54) is 0 Å². The number of imide groups is 1. The number of fused-ring (bicyclic) bond motifs is 1. The minimum absolute atomic E-state index is 0.207. The van der Waals surface area contributed by atoms with Gasteiger partial charge < -0.3 is 5.32 Å². The summed E-state index contributed by atoms with van der Waals surface area (Å²) < 4.78 is 0. The number of aliphatic imine (C=N–C) groups is 1. The first-order chi connectivity index (χ1) is 9.15. The van der Waals surface area contributed by atoms with Gasteiger partial charge in [-0.15, -0.1) is 0 Å². The summed E-state index contributed by atoms with van der Waals surface area (Å²) in [5.41, 5.74) is 0.441. The molecule has 1 heterocycles. The smallest absolute Gasteiger partial charge is 0.351 e. The highest BCUT2D eigenvalue weighted by molar-refractivity contribution is 6.22. The van der Waals surface area contributed by atoms with Gasteiger partial charge >= 0.3 is 6.03 Å². The first kappa shape index (κ1) is 11.8. The van der Waals surface area contributed by atoms with Crippen molar-refractivity contribution in [3.8, 4) is 0 Å². The summed E-state index contributed by atoms with van der Waals surface area (Å²) in [5.74, 6) is -1.24. The Kier molecular flexibility index (Phi) is 2.77. The maximum atomic E-state index is 12.2. The molecule has 0 saturated heterocycles. The molecule has 1 fully saturated rings. The van der Waals surface area contributed by atoms with E-state index in [2.05, 4.69) is 10.3 Å². The summed E-state index contributed by atoms with van der Waals surface area (Å²) >= 11 is 0. The van der Waals surface area contributed by atoms with E-state index < -0.39 is 11.9 Å². The highest BCUT2D eigenvalue weighted by Gasteiger charge is 2.37. The summed E-state index contributed by atoms with van der Waals surface area (Å²) in [6.45, 7) is -0.251. The summed E-state index contributed by atoms with van der Waals surface area (Å²) in [6.07, 6.45) is 8.71.